The van der Waals surface area contributed by atoms with Crippen LogP contribution in [0.25, 0.3) is 0 Å². The number of nitrogens with two attached hydrogens (primary N) is 1. The number of nitrogens with one attached hydrogen (secondary N) is 1. The van der Waals surface area contributed by atoms with Crippen LogP contribution in [0.5, 0.6) is 0 Å². The fourth-order valence-electron chi connectivity index (χ4n) is 4.03. The molecule has 2 rings (SSSR count). The van der Waals surface area contributed by atoms with E-state index in [1.807, 2.05) is 4.90 Å². The highest BCUT2D eigenvalue weighted by Crippen LogP contribution is 2.32. The van der Waals surface area contributed by atoms with Crippen LogP contribution in [-0.2, 0) is 9.59 Å². The van der Waals surface area contributed by atoms with Crippen molar-refractivity contribution in [3.63, 3.8) is 0 Å². The van der Waals surface area contributed by atoms with E-state index in [2.05, 4.69) is 12.2 Å². The molecule has 2 amide bonds. The molecule has 2 aliphatic rings. The van der Waals surface area contributed by atoms with E-state index in [-0.39, 0.29) is 30.1 Å². The zero-order valence-corrected chi connectivity index (χ0v) is 15.8. The number of rotatable bonds is 6. The van der Waals surface area contributed by atoms with Crippen molar-refractivity contribution in [2.75, 3.05) is 26.2 Å². The van der Waals surface area contributed by atoms with Gasteiger partial charge < -0.3 is 16.0 Å². The average molecular weight is 360 g/mol. The van der Waals surface area contributed by atoms with Crippen molar-refractivity contribution in [1.29, 1.82) is 0 Å². The first kappa shape index (κ1) is 21.2. The van der Waals surface area contributed by atoms with Crippen LogP contribution >= 0.6 is 12.4 Å². The van der Waals surface area contributed by atoms with E-state index in [0.717, 1.165) is 19.4 Å². The first-order valence-corrected chi connectivity index (χ1v) is 9.37. The molecule has 1 heterocycles. The van der Waals surface area contributed by atoms with E-state index < -0.39 is 0 Å². The summed E-state index contributed by atoms with van der Waals surface area (Å²) in [5, 5.41) is 2.85. The molecule has 5 nitrogen and oxygen atoms in total. The minimum Gasteiger partial charge on any atom is -0.355 e. The molecule has 0 aromatic carbocycles. The Labute approximate surface area is 152 Å². The van der Waals surface area contributed by atoms with Crippen molar-refractivity contribution in [2.45, 2.75) is 58.3 Å². The summed E-state index contributed by atoms with van der Waals surface area (Å²) in [5.74, 6) is 1.40. The number of hydrogen-bond donors (Lipinski definition) is 2. The van der Waals surface area contributed by atoms with Gasteiger partial charge in [0.1, 0.15) is 0 Å². The number of carbonyl (C=O) groups excluding carboxylic acids is 2. The van der Waals surface area contributed by atoms with E-state index in [1.165, 1.54) is 32.1 Å². The van der Waals surface area contributed by atoms with Gasteiger partial charge in [0.15, 0.2) is 0 Å². The Kier molecular flexibility index (Phi) is 9.67. The first-order chi connectivity index (χ1) is 11.1. The van der Waals surface area contributed by atoms with Crippen LogP contribution in [0, 0.1) is 17.8 Å². The summed E-state index contributed by atoms with van der Waals surface area (Å²) in [7, 11) is 0. The van der Waals surface area contributed by atoms with E-state index >= 15 is 0 Å². The molecule has 0 aromatic rings. The molecule has 140 valence electrons. The maximum absolute atomic E-state index is 12.6. The molecule has 2 unspecified atom stereocenters. The Balaban J connectivity index is 0.00000288. The van der Waals surface area contributed by atoms with Crippen LogP contribution < -0.4 is 11.1 Å². The van der Waals surface area contributed by atoms with Gasteiger partial charge >= 0.3 is 0 Å². The molecule has 0 radical (unpaired) electrons. The van der Waals surface area contributed by atoms with Gasteiger partial charge in [0.05, 0.1) is 5.92 Å². The Bertz CT molecular complexity index is 400. The predicted octanol–water partition coefficient (Wildman–Crippen LogP) is 2.33. The second-order valence-electron chi connectivity index (χ2n) is 7.34. The molecule has 1 aliphatic heterocycles. The number of nitrogens with zero attached hydrogens (tertiary/aromatic N) is 1. The maximum Gasteiger partial charge on any atom is 0.224 e. The van der Waals surface area contributed by atoms with Crippen LogP contribution in [0.3, 0.4) is 0 Å². The highest BCUT2D eigenvalue weighted by atomic mass is 35.5. The molecule has 0 aromatic heterocycles. The molecule has 0 bridgehead atoms. The quantitative estimate of drug-likeness (QED) is 0.764. The fraction of sp³-hybridized carbons (Fsp3) is 0.889. The van der Waals surface area contributed by atoms with Gasteiger partial charge in [-0.15, -0.1) is 12.4 Å². The summed E-state index contributed by atoms with van der Waals surface area (Å²) < 4.78 is 0. The van der Waals surface area contributed by atoms with Gasteiger partial charge in [-0.1, -0.05) is 39.0 Å². The largest absolute Gasteiger partial charge is 0.355 e. The van der Waals surface area contributed by atoms with Gasteiger partial charge in [0.25, 0.3) is 0 Å². The summed E-state index contributed by atoms with van der Waals surface area (Å²) in [6.45, 7) is 4.58. The van der Waals surface area contributed by atoms with Gasteiger partial charge in [-0.25, -0.2) is 0 Å². The van der Waals surface area contributed by atoms with Crippen molar-refractivity contribution in [1.82, 2.24) is 10.2 Å². The summed E-state index contributed by atoms with van der Waals surface area (Å²) in [6, 6.07) is 0. The third-order valence-electron chi connectivity index (χ3n) is 5.54. The van der Waals surface area contributed by atoms with E-state index in [9.17, 15) is 9.59 Å². The summed E-state index contributed by atoms with van der Waals surface area (Å²) in [5.41, 5.74) is 5.43. The minimum absolute atomic E-state index is 0. The SMILES string of the molecule is CC(CC(=O)N1CCCC(C(=O)NCCN)C1)C1CCCCC1.Cl. The summed E-state index contributed by atoms with van der Waals surface area (Å²) in [4.78, 5) is 26.6. The maximum atomic E-state index is 12.6. The molecular formula is C18H34ClN3O2. The summed E-state index contributed by atoms with van der Waals surface area (Å²) >= 11 is 0. The Morgan fingerprint density at radius 1 is 1.17 bits per heavy atom. The van der Waals surface area contributed by atoms with Crippen molar-refractivity contribution >= 4 is 24.2 Å². The first-order valence-electron chi connectivity index (χ1n) is 9.37. The molecule has 1 saturated heterocycles. The van der Waals surface area contributed by atoms with Crippen molar-refractivity contribution in [3.8, 4) is 0 Å². The molecule has 2 fully saturated rings. The molecule has 24 heavy (non-hydrogen) atoms. The van der Waals surface area contributed by atoms with Gasteiger partial charge in [0.2, 0.25) is 11.8 Å². The van der Waals surface area contributed by atoms with Gasteiger partial charge in [0, 0.05) is 32.6 Å². The lowest BCUT2D eigenvalue weighted by molar-refractivity contribution is -0.136. The van der Waals surface area contributed by atoms with Crippen LogP contribution in [0.15, 0.2) is 0 Å². The van der Waals surface area contributed by atoms with Crippen LogP contribution in [0.2, 0.25) is 0 Å². The third kappa shape index (κ3) is 6.25. The lowest BCUT2D eigenvalue weighted by Crippen LogP contribution is -2.46. The van der Waals surface area contributed by atoms with Gasteiger partial charge in [-0.3, -0.25) is 9.59 Å². The van der Waals surface area contributed by atoms with Crippen LogP contribution in [0.4, 0.5) is 0 Å². The number of halogens is 1. The average Bonchev–Trinajstić information content (AvgIpc) is 2.60. The molecule has 6 heteroatoms. The monoisotopic (exact) mass is 359 g/mol. The number of hydrogen-bond acceptors (Lipinski definition) is 3. The van der Waals surface area contributed by atoms with Crippen LogP contribution in [-0.4, -0.2) is 42.9 Å². The zero-order valence-electron chi connectivity index (χ0n) is 15.0. The molecule has 0 spiro atoms. The van der Waals surface area contributed by atoms with Gasteiger partial charge in [-0.05, 0) is 24.7 Å². The summed E-state index contributed by atoms with van der Waals surface area (Å²) in [6.07, 6.45) is 8.97. The van der Waals surface area contributed by atoms with E-state index in [1.54, 1.807) is 0 Å². The normalized spacial score (nSPS) is 23.2. The Morgan fingerprint density at radius 2 is 1.88 bits per heavy atom. The Morgan fingerprint density at radius 3 is 2.54 bits per heavy atom. The third-order valence-corrected chi connectivity index (χ3v) is 5.54. The predicted molar refractivity (Wildman–Crippen MR) is 99.0 cm³/mol. The van der Waals surface area contributed by atoms with Crippen LogP contribution in [0.1, 0.15) is 58.3 Å². The topological polar surface area (TPSA) is 75.4 Å². The van der Waals surface area contributed by atoms with Gasteiger partial charge in [-0.2, -0.15) is 0 Å². The highest BCUT2D eigenvalue weighted by molar-refractivity contribution is 5.85. The van der Waals surface area contributed by atoms with Crippen molar-refractivity contribution in [2.24, 2.45) is 23.5 Å². The van der Waals surface area contributed by atoms with E-state index in [4.69, 9.17) is 5.73 Å². The molecule has 2 atom stereocenters. The molecule has 1 saturated carbocycles. The second kappa shape index (κ2) is 10.9. The number of piperidine rings is 1. The van der Waals surface area contributed by atoms with Crippen molar-refractivity contribution in [3.05, 3.63) is 0 Å². The number of likely N-dealkylation sites (tertiary alicyclic amines) is 1. The fourth-order valence-corrected chi connectivity index (χ4v) is 4.03. The van der Waals surface area contributed by atoms with E-state index in [0.29, 0.717) is 37.9 Å². The number of carbonyl (C=O) groups is 2. The molecule has 3 N–H and O–H groups in total. The smallest absolute Gasteiger partial charge is 0.224 e. The molecular weight excluding hydrogens is 326 g/mol. The molecule has 1 aliphatic carbocycles. The zero-order chi connectivity index (χ0) is 16.7. The highest BCUT2D eigenvalue weighted by Gasteiger charge is 2.30. The second-order valence-corrected chi connectivity index (χ2v) is 7.34. The Hall–Kier alpha value is -0.810. The van der Waals surface area contributed by atoms with Crippen molar-refractivity contribution < 1.29 is 9.59 Å². The minimum atomic E-state index is -0.0655. The lowest BCUT2D eigenvalue weighted by atomic mass is 9.79. The lowest BCUT2D eigenvalue weighted by Gasteiger charge is -2.34. The number of amides is 2. The standard InChI is InChI=1S/C18H33N3O2.ClH/c1-14(15-6-3-2-4-7-15)12-17(22)21-11-5-8-16(13-21)18(23)20-10-9-19;/h14-16H,2-13,19H2,1H3,(H,20,23);1H.